The smallest absolute Gasteiger partial charge is 0.194 e. The molecule has 21 heavy (non-hydrogen) atoms. The van der Waals surface area contributed by atoms with E-state index in [-0.39, 0.29) is 0 Å². The van der Waals surface area contributed by atoms with Crippen LogP contribution in [0.2, 0.25) is 0 Å². The van der Waals surface area contributed by atoms with Crippen LogP contribution in [-0.4, -0.2) is 13.7 Å². The van der Waals surface area contributed by atoms with E-state index in [2.05, 4.69) is 15.9 Å². The van der Waals surface area contributed by atoms with Gasteiger partial charge in [0.25, 0.3) is 0 Å². The van der Waals surface area contributed by atoms with Crippen molar-refractivity contribution in [3.63, 3.8) is 0 Å². The van der Waals surface area contributed by atoms with Gasteiger partial charge < -0.3 is 4.74 Å². The number of halogens is 4. The lowest BCUT2D eigenvalue weighted by Gasteiger charge is -2.12. The molecule has 0 aliphatic rings. The van der Waals surface area contributed by atoms with Crippen molar-refractivity contribution in [2.24, 2.45) is 0 Å². The molecule has 0 amide bonds. The highest BCUT2D eigenvalue weighted by atomic mass is 79.9. The summed E-state index contributed by atoms with van der Waals surface area (Å²) in [5, 5.41) is 0. The number of hydrogen-bond donors (Lipinski definition) is 0. The van der Waals surface area contributed by atoms with Gasteiger partial charge in [0, 0.05) is 7.11 Å². The van der Waals surface area contributed by atoms with Crippen LogP contribution >= 0.6 is 15.9 Å². The first-order valence-electron chi connectivity index (χ1n) is 6.39. The largest absolute Gasteiger partial charge is 0.384 e. The molecule has 0 N–H and O–H groups in total. The van der Waals surface area contributed by atoms with Gasteiger partial charge in [-0.3, -0.25) is 0 Å². The zero-order valence-corrected chi connectivity index (χ0v) is 13.0. The predicted molar refractivity (Wildman–Crippen MR) is 79.1 cm³/mol. The Hall–Kier alpha value is -1.33. The van der Waals surface area contributed by atoms with Crippen LogP contribution < -0.4 is 0 Å². The van der Waals surface area contributed by atoms with Gasteiger partial charge in [-0.2, -0.15) is 0 Å². The molecule has 1 nitrogen and oxygen atoms in total. The Balaban J connectivity index is 2.21. The van der Waals surface area contributed by atoms with Crippen molar-refractivity contribution in [3.05, 3.63) is 70.5 Å². The van der Waals surface area contributed by atoms with Gasteiger partial charge in [0.05, 0.1) is 11.4 Å². The predicted octanol–water partition coefficient (Wildman–Crippen LogP) is 4.78. The van der Waals surface area contributed by atoms with Crippen LogP contribution in [0.1, 0.15) is 21.5 Å². The maximum Gasteiger partial charge on any atom is 0.194 e. The Kier molecular flexibility index (Phi) is 5.42. The van der Waals surface area contributed by atoms with Crippen LogP contribution in [-0.2, 0) is 11.2 Å². The minimum absolute atomic E-state index is 0.330. The zero-order valence-electron chi connectivity index (χ0n) is 11.4. The SMILES string of the molecule is COCCc1ccc(C(Br)c2cc(F)c(F)c(F)c2)cc1. The Labute approximate surface area is 129 Å². The minimum atomic E-state index is -1.45. The third-order valence-electron chi connectivity index (χ3n) is 3.17. The van der Waals surface area contributed by atoms with Crippen molar-refractivity contribution in [1.29, 1.82) is 0 Å². The van der Waals surface area contributed by atoms with Crippen molar-refractivity contribution in [3.8, 4) is 0 Å². The first-order valence-corrected chi connectivity index (χ1v) is 7.30. The monoisotopic (exact) mass is 358 g/mol. The second-order valence-electron chi connectivity index (χ2n) is 4.65. The fourth-order valence-electron chi connectivity index (χ4n) is 1.99. The van der Waals surface area contributed by atoms with Crippen molar-refractivity contribution in [2.75, 3.05) is 13.7 Å². The van der Waals surface area contributed by atoms with Crippen LogP contribution in [0, 0.1) is 17.5 Å². The summed E-state index contributed by atoms with van der Waals surface area (Å²) in [6.45, 7) is 0.630. The van der Waals surface area contributed by atoms with E-state index in [1.54, 1.807) is 7.11 Å². The Morgan fingerprint density at radius 3 is 2.10 bits per heavy atom. The summed E-state index contributed by atoms with van der Waals surface area (Å²) in [5.41, 5.74) is 2.27. The van der Waals surface area contributed by atoms with E-state index in [4.69, 9.17) is 4.74 Å². The maximum absolute atomic E-state index is 13.3. The Morgan fingerprint density at radius 1 is 1.00 bits per heavy atom. The number of ether oxygens (including phenoxy) is 1. The van der Waals surface area contributed by atoms with E-state index in [0.717, 1.165) is 29.7 Å². The van der Waals surface area contributed by atoms with Crippen LogP contribution in [0.25, 0.3) is 0 Å². The van der Waals surface area contributed by atoms with Gasteiger partial charge in [-0.1, -0.05) is 40.2 Å². The average Bonchev–Trinajstić information content (AvgIpc) is 2.50. The lowest BCUT2D eigenvalue weighted by Crippen LogP contribution is -1.99. The van der Waals surface area contributed by atoms with Gasteiger partial charge in [0.2, 0.25) is 0 Å². The molecule has 0 radical (unpaired) electrons. The van der Waals surface area contributed by atoms with E-state index in [9.17, 15) is 13.2 Å². The highest BCUT2D eigenvalue weighted by molar-refractivity contribution is 9.09. The number of benzene rings is 2. The highest BCUT2D eigenvalue weighted by Crippen LogP contribution is 2.32. The lowest BCUT2D eigenvalue weighted by atomic mass is 10.0. The molecular formula is C16H14BrF3O. The van der Waals surface area contributed by atoms with Crippen molar-refractivity contribution in [1.82, 2.24) is 0 Å². The second kappa shape index (κ2) is 7.09. The molecule has 0 saturated carbocycles. The van der Waals surface area contributed by atoms with Gasteiger partial charge in [0.15, 0.2) is 17.5 Å². The Morgan fingerprint density at radius 2 is 1.57 bits per heavy atom. The summed E-state index contributed by atoms with van der Waals surface area (Å²) in [4.78, 5) is -0.404. The second-order valence-corrected chi connectivity index (χ2v) is 5.56. The standard InChI is InChI=1S/C16H14BrF3O/c1-21-7-6-10-2-4-11(5-3-10)15(17)12-8-13(18)16(20)14(19)9-12/h2-5,8-9,15H,6-7H2,1H3. The van der Waals surface area contributed by atoms with Gasteiger partial charge in [0.1, 0.15) is 0 Å². The van der Waals surface area contributed by atoms with E-state index in [0.29, 0.717) is 12.2 Å². The molecule has 0 saturated heterocycles. The van der Waals surface area contributed by atoms with Gasteiger partial charge in [-0.05, 0) is 35.2 Å². The van der Waals surface area contributed by atoms with Crippen molar-refractivity contribution in [2.45, 2.75) is 11.2 Å². The molecule has 5 heteroatoms. The molecule has 0 heterocycles. The zero-order chi connectivity index (χ0) is 15.4. The van der Waals surface area contributed by atoms with E-state index < -0.39 is 22.3 Å². The molecule has 0 aliphatic carbocycles. The Bertz CT molecular complexity index is 590. The third-order valence-corrected chi connectivity index (χ3v) is 4.22. The first kappa shape index (κ1) is 16.0. The third kappa shape index (κ3) is 3.86. The van der Waals surface area contributed by atoms with E-state index >= 15 is 0 Å². The minimum Gasteiger partial charge on any atom is -0.384 e. The molecule has 0 bridgehead atoms. The van der Waals surface area contributed by atoms with Gasteiger partial charge in [-0.15, -0.1) is 0 Å². The van der Waals surface area contributed by atoms with Gasteiger partial charge >= 0.3 is 0 Å². The number of rotatable bonds is 5. The summed E-state index contributed by atoms with van der Waals surface area (Å²) in [5.74, 6) is -3.83. The molecule has 2 aromatic rings. The average molecular weight is 359 g/mol. The fraction of sp³-hybridized carbons (Fsp3) is 0.250. The van der Waals surface area contributed by atoms with Crippen LogP contribution in [0.5, 0.6) is 0 Å². The maximum atomic E-state index is 13.3. The van der Waals surface area contributed by atoms with E-state index in [1.807, 2.05) is 24.3 Å². The number of hydrogen-bond acceptors (Lipinski definition) is 1. The normalized spacial score (nSPS) is 12.4. The van der Waals surface area contributed by atoms with E-state index in [1.165, 1.54) is 0 Å². The molecular weight excluding hydrogens is 345 g/mol. The molecule has 1 unspecified atom stereocenters. The summed E-state index contributed by atoms with van der Waals surface area (Å²) in [6, 6.07) is 9.58. The van der Waals surface area contributed by atoms with Crippen LogP contribution in [0.15, 0.2) is 36.4 Å². The quantitative estimate of drug-likeness (QED) is 0.552. The molecule has 112 valence electrons. The number of methoxy groups -OCH3 is 1. The van der Waals surface area contributed by atoms with Crippen LogP contribution in [0.4, 0.5) is 13.2 Å². The van der Waals surface area contributed by atoms with Gasteiger partial charge in [-0.25, -0.2) is 13.2 Å². The molecule has 2 aromatic carbocycles. The topological polar surface area (TPSA) is 9.23 Å². The summed E-state index contributed by atoms with van der Waals surface area (Å²) >= 11 is 3.38. The highest BCUT2D eigenvalue weighted by Gasteiger charge is 2.16. The molecule has 0 spiro atoms. The molecule has 1 atom stereocenters. The molecule has 2 rings (SSSR count). The molecule has 0 fully saturated rings. The lowest BCUT2D eigenvalue weighted by molar-refractivity contribution is 0.202. The molecule has 0 aromatic heterocycles. The van der Waals surface area contributed by atoms with Crippen LogP contribution in [0.3, 0.4) is 0 Å². The fourth-order valence-corrected chi connectivity index (χ4v) is 2.56. The summed E-state index contributed by atoms with van der Waals surface area (Å²) in [6.07, 6.45) is 0.795. The van der Waals surface area contributed by atoms with Crippen molar-refractivity contribution >= 4 is 15.9 Å². The summed E-state index contributed by atoms with van der Waals surface area (Å²) in [7, 11) is 1.64. The van der Waals surface area contributed by atoms with Crippen molar-refractivity contribution < 1.29 is 17.9 Å². The number of alkyl halides is 1. The first-order chi connectivity index (χ1) is 10.0. The molecule has 0 aliphatic heterocycles. The summed E-state index contributed by atoms with van der Waals surface area (Å²) < 4.78 is 44.5.